The van der Waals surface area contributed by atoms with Gasteiger partial charge in [-0.1, -0.05) is 12.1 Å². The van der Waals surface area contributed by atoms with Crippen molar-refractivity contribution in [3.63, 3.8) is 0 Å². The van der Waals surface area contributed by atoms with Crippen LogP contribution >= 0.6 is 11.3 Å². The molecular weight excluding hydrogens is 442 g/mol. The highest BCUT2D eigenvalue weighted by molar-refractivity contribution is 7.18. The van der Waals surface area contributed by atoms with Crippen molar-refractivity contribution < 1.29 is 23.9 Å². The lowest BCUT2D eigenvalue weighted by molar-refractivity contribution is -0.141. The number of fused-ring (bicyclic) bond motifs is 1. The predicted octanol–water partition coefficient (Wildman–Crippen LogP) is 3.92. The third-order valence-electron chi connectivity index (χ3n) is 5.46. The van der Waals surface area contributed by atoms with Gasteiger partial charge in [-0.25, -0.2) is 9.78 Å². The number of ether oxygens (including phenoxy) is 2. The van der Waals surface area contributed by atoms with Gasteiger partial charge in [0.1, 0.15) is 11.6 Å². The normalized spacial score (nSPS) is 15.8. The molecule has 3 rings (SSSR count). The summed E-state index contributed by atoms with van der Waals surface area (Å²) in [6, 6.07) is 7.07. The quantitative estimate of drug-likeness (QED) is 0.610. The van der Waals surface area contributed by atoms with Crippen molar-refractivity contribution in [2.75, 3.05) is 19.7 Å². The number of likely N-dealkylation sites (tertiary alicyclic amines) is 1. The number of rotatable bonds is 7. The summed E-state index contributed by atoms with van der Waals surface area (Å²) in [5.74, 6) is 0.0157. The summed E-state index contributed by atoms with van der Waals surface area (Å²) in [7, 11) is 0. The number of thiazole rings is 1. The number of aromatic nitrogens is 1. The van der Waals surface area contributed by atoms with Crippen molar-refractivity contribution >= 4 is 39.5 Å². The van der Waals surface area contributed by atoms with E-state index in [-0.39, 0.29) is 11.9 Å². The van der Waals surface area contributed by atoms with Crippen molar-refractivity contribution in [1.82, 2.24) is 15.2 Å². The average Bonchev–Trinajstić information content (AvgIpc) is 3.14. The first-order chi connectivity index (χ1) is 15.6. The summed E-state index contributed by atoms with van der Waals surface area (Å²) in [4.78, 5) is 43.3. The molecule has 2 heterocycles. The van der Waals surface area contributed by atoms with Crippen molar-refractivity contribution in [3.8, 4) is 0 Å². The Balaban J connectivity index is 1.65. The number of alkyl carbamates (subject to hydrolysis) is 1. The van der Waals surface area contributed by atoms with Gasteiger partial charge in [0.2, 0.25) is 5.91 Å². The molecule has 1 saturated heterocycles. The monoisotopic (exact) mass is 475 g/mol. The average molecular weight is 476 g/mol. The van der Waals surface area contributed by atoms with Crippen molar-refractivity contribution in [1.29, 1.82) is 0 Å². The first-order valence-electron chi connectivity index (χ1n) is 11.4. The second kappa shape index (κ2) is 11.0. The van der Waals surface area contributed by atoms with Crippen LogP contribution in [0.2, 0.25) is 0 Å². The van der Waals surface area contributed by atoms with Crippen LogP contribution in [0.5, 0.6) is 0 Å². The number of amides is 2. The molecule has 1 aromatic carbocycles. The maximum Gasteiger partial charge on any atom is 0.408 e. The van der Waals surface area contributed by atoms with E-state index in [1.54, 1.807) is 25.7 Å². The minimum absolute atomic E-state index is 0.126. The van der Waals surface area contributed by atoms with Crippen LogP contribution in [0.3, 0.4) is 0 Å². The fraction of sp³-hybridized carbons (Fsp3) is 0.583. The van der Waals surface area contributed by atoms with E-state index in [0.717, 1.165) is 34.5 Å². The molecule has 1 aliphatic heterocycles. The van der Waals surface area contributed by atoms with Crippen molar-refractivity contribution in [2.24, 2.45) is 5.92 Å². The lowest BCUT2D eigenvalue weighted by atomic mass is 9.93. The van der Waals surface area contributed by atoms with E-state index in [0.29, 0.717) is 32.0 Å². The zero-order chi connectivity index (χ0) is 24.0. The predicted molar refractivity (Wildman–Crippen MR) is 127 cm³/mol. The summed E-state index contributed by atoms with van der Waals surface area (Å²) >= 11 is 1.53. The molecule has 0 bridgehead atoms. The largest absolute Gasteiger partial charge is 0.466 e. The Bertz CT molecular complexity index is 943. The smallest absolute Gasteiger partial charge is 0.408 e. The van der Waals surface area contributed by atoms with Crippen LogP contribution in [-0.4, -0.2) is 59.2 Å². The molecule has 1 aliphatic rings. The van der Waals surface area contributed by atoms with E-state index in [1.165, 1.54) is 18.3 Å². The highest BCUT2D eigenvalue weighted by Crippen LogP contribution is 2.25. The SMILES string of the molecule is CC(=O)OCCC1CCN(C(=O)[C@H](Cc2nc3ccccc3s2)NC(=O)OC(C)(C)C)CC1. The zero-order valence-electron chi connectivity index (χ0n) is 19.8. The molecular formula is C24H33N3O5S. The molecule has 0 aliphatic carbocycles. The van der Waals surface area contributed by atoms with Crippen LogP contribution in [0, 0.1) is 5.92 Å². The summed E-state index contributed by atoms with van der Waals surface area (Å²) in [5, 5.41) is 3.57. The van der Waals surface area contributed by atoms with Gasteiger partial charge in [0.05, 0.1) is 21.8 Å². The van der Waals surface area contributed by atoms with Gasteiger partial charge in [0, 0.05) is 26.4 Å². The molecule has 0 radical (unpaired) electrons. The van der Waals surface area contributed by atoms with E-state index in [9.17, 15) is 14.4 Å². The van der Waals surface area contributed by atoms with Gasteiger partial charge in [-0.2, -0.15) is 0 Å². The first kappa shape index (κ1) is 25.0. The summed E-state index contributed by atoms with van der Waals surface area (Å²) in [6.45, 7) is 8.40. The lowest BCUT2D eigenvalue weighted by Gasteiger charge is -2.34. The molecule has 0 spiro atoms. The first-order valence-corrected chi connectivity index (χ1v) is 12.2. The fourth-order valence-corrected chi connectivity index (χ4v) is 4.88. The minimum Gasteiger partial charge on any atom is -0.466 e. The van der Waals surface area contributed by atoms with Gasteiger partial charge < -0.3 is 19.7 Å². The van der Waals surface area contributed by atoms with Gasteiger partial charge in [0.15, 0.2) is 0 Å². The Hall–Kier alpha value is -2.68. The topological polar surface area (TPSA) is 97.8 Å². The molecule has 2 aromatic rings. The molecule has 180 valence electrons. The number of piperidine rings is 1. The third kappa shape index (κ3) is 7.70. The van der Waals surface area contributed by atoms with Crippen LogP contribution in [0.15, 0.2) is 24.3 Å². The molecule has 1 aromatic heterocycles. The molecule has 33 heavy (non-hydrogen) atoms. The molecule has 0 saturated carbocycles. The second-order valence-corrected chi connectivity index (χ2v) is 10.5. The summed E-state index contributed by atoms with van der Waals surface area (Å²) in [6.07, 6.45) is 2.18. The lowest BCUT2D eigenvalue weighted by Crippen LogP contribution is -2.52. The third-order valence-corrected chi connectivity index (χ3v) is 6.52. The molecule has 0 unspecified atom stereocenters. The van der Waals surface area contributed by atoms with Gasteiger partial charge in [-0.05, 0) is 58.1 Å². The highest BCUT2D eigenvalue weighted by atomic mass is 32.1. The number of para-hydroxylation sites is 1. The highest BCUT2D eigenvalue weighted by Gasteiger charge is 2.31. The molecule has 1 atom stereocenters. The standard InChI is InChI=1S/C24H33N3O5S/c1-16(28)31-14-11-17-9-12-27(13-10-17)22(29)19(26-23(30)32-24(2,3)4)15-21-25-18-7-5-6-8-20(18)33-21/h5-8,17,19H,9-15H2,1-4H3,(H,26,30)/t19-/m0/s1. The van der Waals surface area contributed by atoms with Crippen LogP contribution < -0.4 is 5.32 Å². The van der Waals surface area contributed by atoms with Gasteiger partial charge >= 0.3 is 12.1 Å². The van der Waals surface area contributed by atoms with Crippen LogP contribution in [-0.2, 0) is 25.5 Å². The maximum absolute atomic E-state index is 13.4. The number of carbonyl (C=O) groups is 3. The fourth-order valence-electron chi connectivity index (χ4n) is 3.86. The van der Waals surface area contributed by atoms with Crippen LogP contribution in [0.1, 0.15) is 52.0 Å². The van der Waals surface area contributed by atoms with E-state index in [2.05, 4.69) is 10.3 Å². The van der Waals surface area contributed by atoms with Gasteiger partial charge in [-0.3, -0.25) is 9.59 Å². The Kier molecular flexibility index (Phi) is 8.29. The molecule has 8 nitrogen and oxygen atoms in total. The van der Waals surface area contributed by atoms with Crippen LogP contribution in [0.4, 0.5) is 4.79 Å². The molecule has 1 fully saturated rings. The minimum atomic E-state index is -0.752. The van der Waals surface area contributed by atoms with E-state index >= 15 is 0 Å². The number of hydrogen-bond acceptors (Lipinski definition) is 7. The molecule has 9 heteroatoms. The van der Waals surface area contributed by atoms with Crippen molar-refractivity contribution in [2.45, 2.75) is 65.0 Å². The molecule has 1 N–H and O–H groups in total. The van der Waals surface area contributed by atoms with E-state index in [4.69, 9.17) is 9.47 Å². The number of esters is 1. The van der Waals surface area contributed by atoms with Crippen LogP contribution in [0.25, 0.3) is 10.2 Å². The summed E-state index contributed by atoms with van der Waals surface area (Å²) in [5.41, 5.74) is 0.225. The molecule has 2 amide bonds. The Morgan fingerprint density at radius 2 is 1.91 bits per heavy atom. The van der Waals surface area contributed by atoms with Gasteiger partial charge in [-0.15, -0.1) is 11.3 Å². The number of carbonyl (C=O) groups excluding carboxylic acids is 3. The number of nitrogens with one attached hydrogen (secondary N) is 1. The van der Waals surface area contributed by atoms with E-state index < -0.39 is 17.7 Å². The Morgan fingerprint density at radius 3 is 2.55 bits per heavy atom. The second-order valence-electron chi connectivity index (χ2n) is 9.38. The number of hydrogen-bond donors (Lipinski definition) is 1. The number of benzene rings is 1. The number of nitrogens with zero attached hydrogens (tertiary/aromatic N) is 2. The zero-order valence-corrected chi connectivity index (χ0v) is 20.6. The Morgan fingerprint density at radius 1 is 1.21 bits per heavy atom. The maximum atomic E-state index is 13.4. The Labute approximate surface area is 198 Å². The van der Waals surface area contributed by atoms with Crippen molar-refractivity contribution in [3.05, 3.63) is 29.3 Å². The summed E-state index contributed by atoms with van der Waals surface area (Å²) < 4.78 is 11.5. The van der Waals surface area contributed by atoms with Gasteiger partial charge in [0.25, 0.3) is 0 Å². The van der Waals surface area contributed by atoms with E-state index in [1.807, 2.05) is 24.3 Å².